The van der Waals surface area contributed by atoms with Gasteiger partial charge in [0.1, 0.15) is 17.3 Å². The lowest BCUT2D eigenvalue weighted by Gasteiger charge is -2.12. The van der Waals surface area contributed by atoms with E-state index in [4.69, 9.17) is 10.5 Å². The third-order valence-corrected chi connectivity index (χ3v) is 3.09. The number of hydrogen-bond donors (Lipinski definition) is 1. The van der Waals surface area contributed by atoms with Crippen LogP contribution in [0.15, 0.2) is 42.5 Å². The number of benzene rings is 2. The van der Waals surface area contributed by atoms with Gasteiger partial charge in [-0.1, -0.05) is 19.1 Å². The van der Waals surface area contributed by atoms with Crippen molar-refractivity contribution in [3.8, 4) is 11.5 Å². The van der Waals surface area contributed by atoms with Gasteiger partial charge in [-0.05, 0) is 54.8 Å². The van der Waals surface area contributed by atoms with Crippen LogP contribution < -0.4 is 10.5 Å². The number of halogens is 1. The Labute approximate surface area is 113 Å². The zero-order valence-corrected chi connectivity index (χ0v) is 11.2. The van der Waals surface area contributed by atoms with Crippen molar-refractivity contribution in [2.75, 3.05) is 0 Å². The maximum absolute atomic E-state index is 13.0. The Morgan fingerprint density at radius 1 is 1.21 bits per heavy atom. The first-order chi connectivity index (χ1) is 9.10. The standard InChI is InChI=1S/C16H18FNO/c1-3-15(18)12-5-4-6-14(10-12)19-16-8-7-13(17)9-11(16)2/h4-10,15H,3,18H2,1-2H3. The van der Waals surface area contributed by atoms with Crippen molar-refractivity contribution in [3.05, 3.63) is 59.4 Å². The summed E-state index contributed by atoms with van der Waals surface area (Å²) >= 11 is 0. The fraction of sp³-hybridized carbons (Fsp3) is 0.250. The molecule has 0 aliphatic carbocycles. The lowest BCUT2D eigenvalue weighted by molar-refractivity contribution is 0.475. The molecule has 0 aliphatic heterocycles. The van der Waals surface area contributed by atoms with E-state index in [1.165, 1.54) is 12.1 Å². The second kappa shape index (κ2) is 5.85. The van der Waals surface area contributed by atoms with Gasteiger partial charge in [0.2, 0.25) is 0 Å². The topological polar surface area (TPSA) is 35.2 Å². The summed E-state index contributed by atoms with van der Waals surface area (Å²) in [5, 5.41) is 0. The molecule has 2 N–H and O–H groups in total. The Morgan fingerprint density at radius 3 is 2.68 bits per heavy atom. The SMILES string of the molecule is CCC(N)c1cccc(Oc2ccc(F)cc2C)c1. The van der Waals surface area contributed by atoms with Crippen molar-refractivity contribution in [1.29, 1.82) is 0 Å². The summed E-state index contributed by atoms with van der Waals surface area (Å²) in [7, 11) is 0. The Morgan fingerprint density at radius 2 is 2.00 bits per heavy atom. The third-order valence-electron chi connectivity index (χ3n) is 3.09. The van der Waals surface area contributed by atoms with E-state index < -0.39 is 0 Å². The van der Waals surface area contributed by atoms with Crippen molar-refractivity contribution in [2.45, 2.75) is 26.3 Å². The summed E-state index contributed by atoms with van der Waals surface area (Å²) in [4.78, 5) is 0. The van der Waals surface area contributed by atoms with Gasteiger partial charge in [0.15, 0.2) is 0 Å². The maximum atomic E-state index is 13.0. The number of hydrogen-bond acceptors (Lipinski definition) is 2. The maximum Gasteiger partial charge on any atom is 0.130 e. The van der Waals surface area contributed by atoms with E-state index >= 15 is 0 Å². The summed E-state index contributed by atoms with van der Waals surface area (Å²) in [6.07, 6.45) is 0.874. The summed E-state index contributed by atoms with van der Waals surface area (Å²) in [5.74, 6) is 1.12. The molecule has 100 valence electrons. The molecule has 0 aromatic heterocycles. The molecule has 0 saturated heterocycles. The van der Waals surface area contributed by atoms with Crippen LogP contribution >= 0.6 is 0 Å². The average molecular weight is 259 g/mol. The summed E-state index contributed by atoms with van der Waals surface area (Å²) in [6, 6.07) is 12.2. The highest BCUT2D eigenvalue weighted by molar-refractivity contribution is 5.39. The van der Waals surface area contributed by atoms with Gasteiger partial charge in [-0.15, -0.1) is 0 Å². The zero-order valence-electron chi connectivity index (χ0n) is 11.2. The molecule has 19 heavy (non-hydrogen) atoms. The molecule has 0 bridgehead atoms. The van der Waals surface area contributed by atoms with Crippen LogP contribution in [0.4, 0.5) is 4.39 Å². The molecule has 0 amide bonds. The second-order valence-corrected chi connectivity index (χ2v) is 4.60. The van der Waals surface area contributed by atoms with E-state index in [9.17, 15) is 4.39 Å². The van der Waals surface area contributed by atoms with Crippen molar-refractivity contribution < 1.29 is 9.13 Å². The Balaban J connectivity index is 2.23. The lowest BCUT2D eigenvalue weighted by atomic mass is 10.1. The molecule has 0 heterocycles. The molecular formula is C16H18FNO. The molecule has 2 aromatic rings. The van der Waals surface area contributed by atoms with Gasteiger partial charge >= 0.3 is 0 Å². The largest absolute Gasteiger partial charge is 0.457 e. The molecule has 0 spiro atoms. The summed E-state index contributed by atoms with van der Waals surface area (Å²) in [5.41, 5.74) is 7.81. The van der Waals surface area contributed by atoms with E-state index in [-0.39, 0.29) is 11.9 Å². The Bertz CT molecular complexity index is 568. The highest BCUT2D eigenvalue weighted by Gasteiger charge is 2.06. The fourth-order valence-electron chi connectivity index (χ4n) is 1.90. The van der Waals surface area contributed by atoms with Crippen LogP contribution in [-0.4, -0.2) is 0 Å². The van der Waals surface area contributed by atoms with E-state index in [0.29, 0.717) is 5.75 Å². The molecule has 0 radical (unpaired) electrons. The monoisotopic (exact) mass is 259 g/mol. The van der Waals surface area contributed by atoms with Gasteiger partial charge in [-0.25, -0.2) is 4.39 Å². The van der Waals surface area contributed by atoms with Crippen LogP contribution in [0.2, 0.25) is 0 Å². The minimum Gasteiger partial charge on any atom is -0.457 e. The highest BCUT2D eigenvalue weighted by atomic mass is 19.1. The first kappa shape index (κ1) is 13.6. The smallest absolute Gasteiger partial charge is 0.130 e. The van der Waals surface area contributed by atoms with Gasteiger partial charge in [0.05, 0.1) is 0 Å². The van der Waals surface area contributed by atoms with Gasteiger partial charge in [0, 0.05) is 6.04 Å². The average Bonchev–Trinajstić information content (AvgIpc) is 2.41. The molecule has 2 rings (SSSR count). The second-order valence-electron chi connectivity index (χ2n) is 4.60. The van der Waals surface area contributed by atoms with Crippen LogP contribution in [0.1, 0.15) is 30.5 Å². The molecule has 2 aromatic carbocycles. The highest BCUT2D eigenvalue weighted by Crippen LogP contribution is 2.27. The molecular weight excluding hydrogens is 241 g/mol. The molecule has 1 atom stereocenters. The number of nitrogens with two attached hydrogens (primary N) is 1. The van der Waals surface area contributed by atoms with E-state index in [1.807, 2.05) is 38.1 Å². The first-order valence-corrected chi connectivity index (χ1v) is 6.39. The summed E-state index contributed by atoms with van der Waals surface area (Å²) in [6.45, 7) is 3.86. The normalized spacial score (nSPS) is 12.2. The molecule has 3 heteroatoms. The van der Waals surface area contributed by atoms with Crippen LogP contribution in [0.3, 0.4) is 0 Å². The lowest BCUT2D eigenvalue weighted by Crippen LogP contribution is -2.08. The molecule has 0 saturated carbocycles. The Kier molecular flexibility index (Phi) is 4.17. The minimum atomic E-state index is -0.258. The van der Waals surface area contributed by atoms with Gasteiger partial charge < -0.3 is 10.5 Å². The van der Waals surface area contributed by atoms with Gasteiger partial charge in [0.25, 0.3) is 0 Å². The van der Waals surface area contributed by atoms with E-state index in [1.54, 1.807) is 6.07 Å². The minimum absolute atomic E-state index is 0.0119. The third kappa shape index (κ3) is 3.32. The van der Waals surface area contributed by atoms with Gasteiger partial charge in [-0.3, -0.25) is 0 Å². The van der Waals surface area contributed by atoms with Crippen LogP contribution in [0, 0.1) is 12.7 Å². The fourth-order valence-corrected chi connectivity index (χ4v) is 1.90. The van der Waals surface area contributed by atoms with Crippen molar-refractivity contribution >= 4 is 0 Å². The van der Waals surface area contributed by atoms with Crippen molar-refractivity contribution in [1.82, 2.24) is 0 Å². The number of aryl methyl sites for hydroxylation is 1. The zero-order chi connectivity index (χ0) is 13.8. The summed E-state index contributed by atoms with van der Waals surface area (Å²) < 4.78 is 18.8. The molecule has 2 nitrogen and oxygen atoms in total. The predicted octanol–water partition coefficient (Wildman–Crippen LogP) is 4.34. The molecule has 1 unspecified atom stereocenters. The number of ether oxygens (including phenoxy) is 1. The number of rotatable bonds is 4. The quantitative estimate of drug-likeness (QED) is 0.886. The molecule has 0 fully saturated rings. The van der Waals surface area contributed by atoms with Crippen molar-refractivity contribution in [2.24, 2.45) is 5.73 Å². The van der Waals surface area contributed by atoms with Crippen LogP contribution in [0.5, 0.6) is 11.5 Å². The van der Waals surface area contributed by atoms with E-state index in [0.717, 1.165) is 23.3 Å². The van der Waals surface area contributed by atoms with Crippen LogP contribution in [0.25, 0.3) is 0 Å². The Hall–Kier alpha value is -1.87. The predicted molar refractivity (Wildman–Crippen MR) is 74.9 cm³/mol. The van der Waals surface area contributed by atoms with Crippen LogP contribution in [-0.2, 0) is 0 Å². The van der Waals surface area contributed by atoms with E-state index in [2.05, 4.69) is 0 Å². The molecule has 0 aliphatic rings. The first-order valence-electron chi connectivity index (χ1n) is 6.39. The van der Waals surface area contributed by atoms with Gasteiger partial charge in [-0.2, -0.15) is 0 Å². The van der Waals surface area contributed by atoms with Crippen molar-refractivity contribution in [3.63, 3.8) is 0 Å².